The lowest BCUT2D eigenvalue weighted by Crippen LogP contribution is -2.15. The van der Waals surface area contributed by atoms with Gasteiger partial charge in [0.05, 0.1) is 12.0 Å². The van der Waals surface area contributed by atoms with Gasteiger partial charge in [0.1, 0.15) is 0 Å². The molecule has 1 aromatic rings. The van der Waals surface area contributed by atoms with Crippen molar-refractivity contribution in [3.8, 4) is 0 Å². The van der Waals surface area contributed by atoms with Gasteiger partial charge in [0.15, 0.2) is 0 Å². The lowest BCUT2D eigenvalue weighted by atomic mass is 9.91. The van der Waals surface area contributed by atoms with Crippen LogP contribution in [0.15, 0.2) is 55.1 Å². The fraction of sp³-hybridized carbons (Fsp3) is 0.267. The fourth-order valence-electron chi connectivity index (χ4n) is 1.77. The molecule has 18 heavy (non-hydrogen) atoms. The number of hydrogen-bond donors (Lipinski definition) is 2. The number of aliphatic hydroxyl groups is 1. The third-order valence-electron chi connectivity index (χ3n) is 2.81. The zero-order valence-corrected chi connectivity index (χ0v) is 10.2. The van der Waals surface area contributed by atoms with E-state index in [9.17, 15) is 9.90 Å². The van der Waals surface area contributed by atoms with Gasteiger partial charge < -0.3 is 10.2 Å². The van der Waals surface area contributed by atoms with Crippen molar-refractivity contribution in [1.29, 1.82) is 0 Å². The molecule has 96 valence electrons. The molecule has 3 nitrogen and oxygen atoms in total. The van der Waals surface area contributed by atoms with Gasteiger partial charge in [-0.25, -0.2) is 0 Å². The average molecular weight is 246 g/mol. The zero-order valence-electron chi connectivity index (χ0n) is 10.2. The lowest BCUT2D eigenvalue weighted by Gasteiger charge is -2.17. The highest BCUT2D eigenvalue weighted by molar-refractivity contribution is 5.70. The van der Waals surface area contributed by atoms with Gasteiger partial charge in [-0.05, 0) is 24.0 Å². The summed E-state index contributed by atoms with van der Waals surface area (Å²) in [5.41, 5.74) is 1.24. The summed E-state index contributed by atoms with van der Waals surface area (Å²) >= 11 is 0. The van der Waals surface area contributed by atoms with E-state index in [2.05, 4.69) is 13.2 Å². The Balaban J connectivity index is 2.70. The molecule has 0 saturated carbocycles. The SMILES string of the molecule is C=CCC(CC(=C)C(O)c1ccccc1)C(=O)O. The number of carboxylic acids is 1. The van der Waals surface area contributed by atoms with Crippen LogP contribution in [0.2, 0.25) is 0 Å². The third kappa shape index (κ3) is 3.86. The van der Waals surface area contributed by atoms with Crippen LogP contribution in [0.1, 0.15) is 24.5 Å². The molecule has 0 aliphatic rings. The minimum absolute atomic E-state index is 0.247. The molecule has 0 amide bonds. The van der Waals surface area contributed by atoms with E-state index in [0.717, 1.165) is 5.56 Å². The van der Waals surface area contributed by atoms with Gasteiger partial charge in [0.25, 0.3) is 0 Å². The first-order valence-electron chi connectivity index (χ1n) is 5.80. The first-order valence-corrected chi connectivity index (χ1v) is 5.80. The summed E-state index contributed by atoms with van der Waals surface area (Å²) in [5.74, 6) is -1.47. The van der Waals surface area contributed by atoms with Gasteiger partial charge in [-0.15, -0.1) is 6.58 Å². The molecular formula is C15H18O3. The molecule has 0 bridgehead atoms. The van der Waals surface area contributed by atoms with Gasteiger partial charge in [-0.2, -0.15) is 0 Å². The number of benzene rings is 1. The van der Waals surface area contributed by atoms with Gasteiger partial charge >= 0.3 is 5.97 Å². The van der Waals surface area contributed by atoms with Crippen molar-refractivity contribution >= 4 is 5.97 Å². The molecule has 0 saturated heterocycles. The topological polar surface area (TPSA) is 57.5 Å². The van der Waals surface area contributed by atoms with E-state index in [4.69, 9.17) is 5.11 Å². The summed E-state index contributed by atoms with van der Waals surface area (Å²) in [5, 5.41) is 19.1. The first kappa shape index (κ1) is 14.2. The number of aliphatic hydroxyl groups excluding tert-OH is 1. The third-order valence-corrected chi connectivity index (χ3v) is 2.81. The second-order valence-corrected chi connectivity index (χ2v) is 4.24. The van der Waals surface area contributed by atoms with Crippen molar-refractivity contribution in [3.05, 3.63) is 60.7 Å². The number of hydrogen-bond acceptors (Lipinski definition) is 2. The monoisotopic (exact) mass is 246 g/mol. The average Bonchev–Trinajstić information content (AvgIpc) is 2.38. The van der Waals surface area contributed by atoms with Crippen molar-refractivity contribution in [2.45, 2.75) is 18.9 Å². The maximum atomic E-state index is 11.0. The largest absolute Gasteiger partial charge is 0.481 e. The van der Waals surface area contributed by atoms with E-state index in [1.54, 1.807) is 18.2 Å². The summed E-state index contributed by atoms with van der Waals surface area (Å²) < 4.78 is 0. The minimum Gasteiger partial charge on any atom is -0.481 e. The Hall–Kier alpha value is -1.87. The standard InChI is InChI=1S/C15H18O3/c1-3-7-13(15(17)18)10-11(2)14(16)12-8-5-4-6-9-12/h3-6,8-9,13-14,16H,1-2,7,10H2,(H,17,18). The summed E-state index contributed by atoms with van der Waals surface area (Å²) in [4.78, 5) is 11.0. The van der Waals surface area contributed by atoms with Gasteiger partial charge in [0, 0.05) is 0 Å². The van der Waals surface area contributed by atoms with E-state index < -0.39 is 18.0 Å². The predicted molar refractivity (Wildman–Crippen MR) is 71.1 cm³/mol. The summed E-state index contributed by atoms with van der Waals surface area (Å²) in [7, 11) is 0. The number of allylic oxidation sites excluding steroid dienone is 1. The Kier molecular flexibility index (Phi) is 5.33. The quantitative estimate of drug-likeness (QED) is 0.727. The molecule has 3 heteroatoms. The van der Waals surface area contributed by atoms with Gasteiger partial charge in [-0.3, -0.25) is 4.79 Å². The van der Waals surface area contributed by atoms with E-state index in [1.165, 1.54) is 0 Å². The highest BCUT2D eigenvalue weighted by Crippen LogP contribution is 2.26. The Morgan fingerprint density at radius 3 is 2.44 bits per heavy atom. The second kappa shape index (κ2) is 6.77. The second-order valence-electron chi connectivity index (χ2n) is 4.24. The van der Waals surface area contributed by atoms with Crippen LogP contribution in [0.4, 0.5) is 0 Å². The highest BCUT2D eigenvalue weighted by atomic mass is 16.4. The fourth-order valence-corrected chi connectivity index (χ4v) is 1.77. The number of carboxylic acid groups (broad SMARTS) is 1. The molecule has 2 unspecified atom stereocenters. The molecule has 0 spiro atoms. The Bertz CT molecular complexity index is 423. The van der Waals surface area contributed by atoms with Crippen molar-refractivity contribution in [3.63, 3.8) is 0 Å². The Morgan fingerprint density at radius 1 is 1.33 bits per heavy atom. The first-order chi connectivity index (χ1) is 8.56. The van der Waals surface area contributed by atoms with Crippen molar-refractivity contribution in [2.75, 3.05) is 0 Å². The van der Waals surface area contributed by atoms with Crippen LogP contribution in [0.25, 0.3) is 0 Å². The predicted octanol–water partition coefficient (Wildman–Crippen LogP) is 2.94. The molecule has 0 aliphatic heterocycles. The maximum Gasteiger partial charge on any atom is 0.307 e. The zero-order chi connectivity index (χ0) is 13.5. The smallest absolute Gasteiger partial charge is 0.307 e. The van der Waals surface area contributed by atoms with Crippen LogP contribution in [0.5, 0.6) is 0 Å². The molecular weight excluding hydrogens is 228 g/mol. The van der Waals surface area contributed by atoms with Gasteiger partial charge in [-0.1, -0.05) is 43.0 Å². The molecule has 0 heterocycles. The van der Waals surface area contributed by atoms with Crippen LogP contribution in [-0.2, 0) is 4.79 Å². The van der Waals surface area contributed by atoms with Crippen LogP contribution in [-0.4, -0.2) is 16.2 Å². The van der Waals surface area contributed by atoms with Crippen LogP contribution in [0, 0.1) is 5.92 Å². The molecule has 0 aliphatic carbocycles. The Labute approximate surface area is 107 Å². The van der Waals surface area contributed by atoms with Crippen LogP contribution < -0.4 is 0 Å². The van der Waals surface area contributed by atoms with E-state index >= 15 is 0 Å². The van der Waals surface area contributed by atoms with E-state index in [1.807, 2.05) is 18.2 Å². The van der Waals surface area contributed by atoms with Gasteiger partial charge in [0.2, 0.25) is 0 Å². The number of rotatable bonds is 7. The minimum atomic E-state index is -0.892. The molecule has 2 atom stereocenters. The molecule has 1 rings (SSSR count). The summed E-state index contributed by atoms with van der Waals surface area (Å²) in [6.45, 7) is 7.33. The molecule has 2 N–H and O–H groups in total. The normalized spacial score (nSPS) is 13.6. The summed E-state index contributed by atoms with van der Waals surface area (Å²) in [6, 6.07) is 9.09. The van der Waals surface area contributed by atoms with E-state index in [0.29, 0.717) is 12.0 Å². The van der Waals surface area contributed by atoms with Crippen molar-refractivity contribution in [1.82, 2.24) is 0 Å². The maximum absolute atomic E-state index is 11.0. The Morgan fingerprint density at radius 2 is 1.94 bits per heavy atom. The summed E-state index contributed by atoms with van der Waals surface area (Å²) in [6.07, 6.45) is 1.37. The molecule has 1 aromatic carbocycles. The van der Waals surface area contributed by atoms with Crippen molar-refractivity contribution in [2.24, 2.45) is 5.92 Å². The highest BCUT2D eigenvalue weighted by Gasteiger charge is 2.20. The molecule has 0 aromatic heterocycles. The molecule has 0 radical (unpaired) electrons. The van der Waals surface area contributed by atoms with Crippen LogP contribution in [0.3, 0.4) is 0 Å². The van der Waals surface area contributed by atoms with Crippen molar-refractivity contribution < 1.29 is 15.0 Å². The number of carbonyl (C=O) groups is 1. The number of aliphatic carboxylic acids is 1. The van der Waals surface area contributed by atoms with E-state index in [-0.39, 0.29) is 6.42 Å². The van der Waals surface area contributed by atoms with Crippen LogP contribution >= 0.6 is 0 Å². The lowest BCUT2D eigenvalue weighted by molar-refractivity contribution is -0.141. The molecule has 0 fully saturated rings.